The van der Waals surface area contributed by atoms with E-state index in [1.54, 1.807) is 18.0 Å². The molecule has 0 bridgehead atoms. The predicted molar refractivity (Wildman–Crippen MR) is 70.6 cm³/mol. The van der Waals surface area contributed by atoms with Crippen LogP contribution in [-0.2, 0) is 11.2 Å². The molecule has 0 spiro atoms. The Labute approximate surface area is 108 Å². The maximum absolute atomic E-state index is 13.0. The first-order chi connectivity index (χ1) is 8.52. The smallest absolute Gasteiger partial charge is 0.222 e. The van der Waals surface area contributed by atoms with Crippen molar-refractivity contribution in [3.8, 4) is 0 Å². The van der Waals surface area contributed by atoms with E-state index in [-0.39, 0.29) is 17.6 Å². The number of halogens is 1. The van der Waals surface area contributed by atoms with E-state index >= 15 is 0 Å². The van der Waals surface area contributed by atoms with Gasteiger partial charge < -0.3 is 10.6 Å². The molecule has 1 unspecified atom stereocenters. The Morgan fingerprint density at radius 3 is 2.83 bits per heavy atom. The van der Waals surface area contributed by atoms with E-state index in [1.165, 1.54) is 12.1 Å². The quantitative estimate of drug-likeness (QED) is 0.839. The molecular formula is C14H21FN2O. The third kappa shape index (κ3) is 4.84. The van der Waals surface area contributed by atoms with Crippen molar-refractivity contribution in [2.75, 3.05) is 20.1 Å². The van der Waals surface area contributed by atoms with Crippen LogP contribution in [0.1, 0.15) is 18.9 Å². The first kappa shape index (κ1) is 14.6. The standard InChI is InChI=1S/C14H21FN2O/c1-11(10-16)8-14(18)17(2)7-6-12-4-3-5-13(15)9-12/h3-5,9,11H,6-8,10,16H2,1-2H3. The Balaban J connectivity index is 2.41. The first-order valence-electron chi connectivity index (χ1n) is 6.21. The number of carbonyl (C=O) groups is 1. The number of rotatable bonds is 6. The monoisotopic (exact) mass is 252 g/mol. The van der Waals surface area contributed by atoms with Crippen LogP contribution in [0.4, 0.5) is 4.39 Å². The number of likely N-dealkylation sites (N-methyl/N-ethyl adjacent to an activating group) is 1. The predicted octanol–water partition coefficient (Wildman–Crippen LogP) is 1.81. The van der Waals surface area contributed by atoms with Gasteiger partial charge in [0.2, 0.25) is 5.91 Å². The number of carbonyl (C=O) groups excluding carboxylic acids is 1. The molecular weight excluding hydrogens is 231 g/mol. The van der Waals surface area contributed by atoms with Crippen LogP contribution in [0.5, 0.6) is 0 Å². The van der Waals surface area contributed by atoms with Crippen LogP contribution in [0.2, 0.25) is 0 Å². The van der Waals surface area contributed by atoms with Gasteiger partial charge in [-0.25, -0.2) is 4.39 Å². The molecule has 0 aliphatic heterocycles. The molecule has 0 aromatic heterocycles. The second-order valence-electron chi connectivity index (χ2n) is 4.74. The van der Waals surface area contributed by atoms with Crippen LogP contribution in [0.15, 0.2) is 24.3 Å². The molecule has 0 aliphatic rings. The van der Waals surface area contributed by atoms with E-state index in [4.69, 9.17) is 5.73 Å². The van der Waals surface area contributed by atoms with Crippen LogP contribution < -0.4 is 5.73 Å². The van der Waals surface area contributed by atoms with Gasteiger partial charge in [-0.2, -0.15) is 0 Å². The molecule has 1 aromatic carbocycles. The fourth-order valence-corrected chi connectivity index (χ4v) is 1.65. The third-order valence-corrected chi connectivity index (χ3v) is 2.98. The van der Waals surface area contributed by atoms with Crippen molar-refractivity contribution in [1.29, 1.82) is 0 Å². The van der Waals surface area contributed by atoms with E-state index < -0.39 is 0 Å². The van der Waals surface area contributed by atoms with Crippen molar-refractivity contribution < 1.29 is 9.18 Å². The summed E-state index contributed by atoms with van der Waals surface area (Å²) in [6.45, 7) is 3.07. The second kappa shape index (κ2) is 7.11. The highest BCUT2D eigenvalue weighted by Gasteiger charge is 2.12. The van der Waals surface area contributed by atoms with Crippen molar-refractivity contribution in [3.63, 3.8) is 0 Å². The lowest BCUT2D eigenvalue weighted by Crippen LogP contribution is -2.31. The first-order valence-corrected chi connectivity index (χ1v) is 6.21. The number of hydrogen-bond donors (Lipinski definition) is 1. The minimum absolute atomic E-state index is 0.0874. The van der Waals surface area contributed by atoms with Crippen LogP contribution in [0.3, 0.4) is 0 Å². The molecule has 1 aromatic rings. The molecule has 0 saturated heterocycles. The fourth-order valence-electron chi connectivity index (χ4n) is 1.65. The highest BCUT2D eigenvalue weighted by Crippen LogP contribution is 2.07. The van der Waals surface area contributed by atoms with Crippen molar-refractivity contribution in [2.45, 2.75) is 19.8 Å². The summed E-state index contributed by atoms with van der Waals surface area (Å²) in [7, 11) is 1.77. The Hall–Kier alpha value is -1.42. The number of nitrogens with zero attached hydrogens (tertiary/aromatic N) is 1. The third-order valence-electron chi connectivity index (χ3n) is 2.98. The second-order valence-corrected chi connectivity index (χ2v) is 4.74. The van der Waals surface area contributed by atoms with Gasteiger partial charge >= 0.3 is 0 Å². The van der Waals surface area contributed by atoms with Crippen LogP contribution in [0, 0.1) is 11.7 Å². The normalized spacial score (nSPS) is 12.2. The molecule has 0 radical (unpaired) electrons. The van der Waals surface area contributed by atoms with Crippen LogP contribution >= 0.6 is 0 Å². The molecule has 0 heterocycles. The van der Waals surface area contributed by atoms with Crippen molar-refractivity contribution in [3.05, 3.63) is 35.6 Å². The number of benzene rings is 1. The molecule has 1 rings (SSSR count). The zero-order valence-corrected chi connectivity index (χ0v) is 11.0. The van der Waals surface area contributed by atoms with Crippen molar-refractivity contribution in [2.24, 2.45) is 11.7 Å². The lowest BCUT2D eigenvalue weighted by atomic mass is 10.1. The summed E-state index contributed by atoms with van der Waals surface area (Å²) < 4.78 is 13.0. The van der Waals surface area contributed by atoms with Crippen LogP contribution in [0.25, 0.3) is 0 Å². The topological polar surface area (TPSA) is 46.3 Å². The Morgan fingerprint density at radius 2 is 2.22 bits per heavy atom. The van der Waals surface area contributed by atoms with Crippen molar-refractivity contribution in [1.82, 2.24) is 4.90 Å². The van der Waals surface area contributed by atoms with Gasteiger partial charge in [-0.05, 0) is 36.6 Å². The Bertz CT molecular complexity index is 395. The lowest BCUT2D eigenvalue weighted by Gasteiger charge is -2.19. The SMILES string of the molecule is CC(CN)CC(=O)N(C)CCc1cccc(F)c1. The zero-order valence-electron chi connectivity index (χ0n) is 11.0. The van der Waals surface area contributed by atoms with Gasteiger partial charge in [0.25, 0.3) is 0 Å². The van der Waals surface area contributed by atoms with E-state index in [9.17, 15) is 9.18 Å². The van der Waals surface area contributed by atoms with Gasteiger partial charge in [0.1, 0.15) is 5.82 Å². The molecule has 3 nitrogen and oxygen atoms in total. The summed E-state index contributed by atoms with van der Waals surface area (Å²) in [5.74, 6) is 0.0525. The minimum Gasteiger partial charge on any atom is -0.345 e. The zero-order chi connectivity index (χ0) is 13.5. The Kier molecular flexibility index (Phi) is 5.78. The molecule has 1 atom stereocenters. The summed E-state index contributed by atoms with van der Waals surface area (Å²) >= 11 is 0. The summed E-state index contributed by atoms with van der Waals surface area (Å²) in [6, 6.07) is 6.47. The number of hydrogen-bond acceptors (Lipinski definition) is 2. The molecule has 0 saturated carbocycles. The van der Waals surface area contributed by atoms with Gasteiger partial charge in [0.05, 0.1) is 0 Å². The van der Waals surface area contributed by atoms with Crippen LogP contribution in [-0.4, -0.2) is 30.9 Å². The summed E-state index contributed by atoms with van der Waals surface area (Å²) in [5.41, 5.74) is 6.39. The molecule has 2 N–H and O–H groups in total. The number of nitrogens with two attached hydrogens (primary N) is 1. The van der Waals surface area contributed by atoms with Crippen molar-refractivity contribution >= 4 is 5.91 Å². The average molecular weight is 252 g/mol. The summed E-state index contributed by atoms with van der Waals surface area (Å²) in [5, 5.41) is 0. The van der Waals surface area contributed by atoms with E-state index in [0.29, 0.717) is 25.9 Å². The molecule has 0 fully saturated rings. The lowest BCUT2D eigenvalue weighted by molar-refractivity contribution is -0.130. The highest BCUT2D eigenvalue weighted by atomic mass is 19.1. The summed E-state index contributed by atoms with van der Waals surface area (Å²) in [4.78, 5) is 13.5. The fraction of sp³-hybridized carbons (Fsp3) is 0.500. The minimum atomic E-state index is -0.238. The largest absolute Gasteiger partial charge is 0.345 e. The van der Waals surface area contributed by atoms with Gasteiger partial charge in [-0.15, -0.1) is 0 Å². The van der Waals surface area contributed by atoms with Gasteiger partial charge in [-0.1, -0.05) is 19.1 Å². The Morgan fingerprint density at radius 1 is 1.50 bits per heavy atom. The van der Waals surface area contributed by atoms with E-state index in [2.05, 4.69) is 0 Å². The average Bonchev–Trinajstić information content (AvgIpc) is 2.35. The van der Waals surface area contributed by atoms with Gasteiger partial charge in [0.15, 0.2) is 0 Å². The molecule has 100 valence electrons. The maximum atomic E-state index is 13.0. The van der Waals surface area contributed by atoms with E-state index in [1.807, 2.05) is 13.0 Å². The van der Waals surface area contributed by atoms with E-state index in [0.717, 1.165) is 5.56 Å². The molecule has 0 aliphatic carbocycles. The molecule has 18 heavy (non-hydrogen) atoms. The maximum Gasteiger partial charge on any atom is 0.222 e. The molecule has 1 amide bonds. The highest BCUT2D eigenvalue weighted by molar-refractivity contribution is 5.76. The molecule has 4 heteroatoms. The summed E-state index contributed by atoms with van der Waals surface area (Å²) in [6.07, 6.45) is 1.13. The van der Waals surface area contributed by atoms with Gasteiger partial charge in [-0.3, -0.25) is 4.79 Å². The van der Waals surface area contributed by atoms with Gasteiger partial charge in [0, 0.05) is 20.0 Å². The number of amides is 1.